The Balaban J connectivity index is 2.01. The van der Waals surface area contributed by atoms with Crippen molar-refractivity contribution in [3.05, 3.63) is 58.3 Å². The van der Waals surface area contributed by atoms with Crippen molar-refractivity contribution >= 4 is 5.69 Å². The first kappa shape index (κ1) is 12.4. The van der Waals surface area contributed by atoms with E-state index in [1.165, 1.54) is 0 Å². The molecular weight excluding hydrogens is 226 g/mol. The highest BCUT2D eigenvalue weighted by Crippen LogP contribution is 2.04. The summed E-state index contributed by atoms with van der Waals surface area (Å²) in [7, 11) is 0. The van der Waals surface area contributed by atoms with E-state index in [2.05, 4.69) is 10.3 Å². The van der Waals surface area contributed by atoms with Gasteiger partial charge in [0.2, 0.25) is 0 Å². The molecule has 1 aromatic heterocycles. The summed E-state index contributed by atoms with van der Waals surface area (Å²) in [5.74, 6) is 0. The van der Waals surface area contributed by atoms with Gasteiger partial charge in [-0.2, -0.15) is 4.98 Å². The Morgan fingerprint density at radius 1 is 1.22 bits per heavy atom. The number of benzene rings is 1. The van der Waals surface area contributed by atoms with E-state index in [1.807, 2.05) is 50.2 Å². The van der Waals surface area contributed by atoms with Gasteiger partial charge in [0.1, 0.15) is 0 Å². The lowest BCUT2D eigenvalue weighted by molar-refractivity contribution is 0.648. The van der Waals surface area contributed by atoms with E-state index in [1.54, 1.807) is 4.57 Å². The Labute approximate surface area is 106 Å². The van der Waals surface area contributed by atoms with Gasteiger partial charge >= 0.3 is 5.69 Å². The molecule has 0 bridgehead atoms. The quantitative estimate of drug-likeness (QED) is 0.893. The zero-order chi connectivity index (χ0) is 13.0. The summed E-state index contributed by atoms with van der Waals surface area (Å²) in [4.78, 5) is 15.7. The minimum Gasteiger partial charge on any atom is -0.383 e. The fourth-order valence-electron chi connectivity index (χ4n) is 1.91. The molecule has 0 fully saturated rings. The van der Waals surface area contributed by atoms with Crippen LogP contribution in [0.25, 0.3) is 0 Å². The summed E-state index contributed by atoms with van der Waals surface area (Å²) in [6, 6.07) is 11.9. The highest BCUT2D eigenvalue weighted by Gasteiger charge is 2.02. The molecule has 0 aliphatic carbocycles. The van der Waals surface area contributed by atoms with Gasteiger partial charge in [-0.05, 0) is 32.0 Å². The number of aryl methyl sites for hydroxylation is 2. The van der Waals surface area contributed by atoms with Crippen LogP contribution >= 0.6 is 0 Å². The molecule has 1 heterocycles. The fraction of sp³-hybridized carbons (Fsp3) is 0.286. The van der Waals surface area contributed by atoms with Crippen molar-refractivity contribution in [3.63, 3.8) is 0 Å². The lowest BCUT2D eigenvalue weighted by atomic mass is 10.3. The van der Waals surface area contributed by atoms with Crippen LogP contribution in [0.1, 0.15) is 11.4 Å². The van der Waals surface area contributed by atoms with Crippen molar-refractivity contribution in [2.24, 2.45) is 0 Å². The molecule has 1 N–H and O–H groups in total. The molecule has 4 nitrogen and oxygen atoms in total. The third kappa shape index (κ3) is 2.97. The smallest absolute Gasteiger partial charge is 0.348 e. The van der Waals surface area contributed by atoms with Gasteiger partial charge in [-0.15, -0.1) is 0 Å². The summed E-state index contributed by atoms with van der Waals surface area (Å²) in [6.45, 7) is 5.09. The number of hydrogen-bond donors (Lipinski definition) is 1. The van der Waals surface area contributed by atoms with Crippen LogP contribution in [-0.4, -0.2) is 16.1 Å². The van der Waals surface area contributed by atoms with Crippen molar-refractivity contribution in [2.45, 2.75) is 20.4 Å². The lowest BCUT2D eigenvalue weighted by Crippen LogP contribution is -2.28. The summed E-state index contributed by atoms with van der Waals surface area (Å²) >= 11 is 0. The third-order valence-corrected chi connectivity index (χ3v) is 2.78. The number of anilines is 1. The molecule has 0 radical (unpaired) electrons. The molecular formula is C14H17N3O. The SMILES string of the molecule is Cc1cc(C)n(CCNc2ccccc2)c(=O)n1. The molecule has 0 atom stereocenters. The minimum absolute atomic E-state index is 0.178. The van der Waals surface area contributed by atoms with E-state index < -0.39 is 0 Å². The maximum atomic E-state index is 11.7. The largest absolute Gasteiger partial charge is 0.383 e. The van der Waals surface area contributed by atoms with Gasteiger partial charge < -0.3 is 5.32 Å². The standard InChI is InChI=1S/C14H17N3O/c1-11-10-12(2)17(14(18)16-11)9-8-15-13-6-4-3-5-7-13/h3-7,10,15H,8-9H2,1-2H3. The maximum Gasteiger partial charge on any atom is 0.348 e. The normalized spacial score (nSPS) is 10.3. The van der Waals surface area contributed by atoms with E-state index in [9.17, 15) is 4.79 Å². The van der Waals surface area contributed by atoms with E-state index >= 15 is 0 Å². The Morgan fingerprint density at radius 2 is 1.94 bits per heavy atom. The molecule has 2 rings (SSSR count). The van der Waals surface area contributed by atoms with Gasteiger partial charge in [0, 0.05) is 30.2 Å². The van der Waals surface area contributed by atoms with E-state index in [0.717, 1.165) is 17.1 Å². The second kappa shape index (κ2) is 5.49. The summed E-state index contributed by atoms with van der Waals surface area (Å²) in [5, 5.41) is 3.27. The monoisotopic (exact) mass is 243 g/mol. The lowest BCUT2D eigenvalue weighted by Gasteiger charge is -2.11. The Bertz CT molecular complexity index is 575. The first-order valence-corrected chi connectivity index (χ1v) is 6.01. The number of aromatic nitrogens is 2. The molecule has 0 spiro atoms. The molecule has 0 aliphatic heterocycles. The van der Waals surface area contributed by atoms with E-state index in [4.69, 9.17) is 0 Å². The molecule has 18 heavy (non-hydrogen) atoms. The topological polar surface area (TPSA) is 46.9 Å². The molecule has 0 amide bonds. The number of para-hydroxylation sites is 1. The van der Waals surface area contributed by atoms with Gasteiger partial charge in [0.25, 0.3) is 0 Å². The average Bonchev–Trinajstić information content (AvgIpc) is 2.34. The molecule has 0 saturated carbocycles. The highest BCUT2D eigenvalue weighted by molar-refractivity contribution is 5.42. The Kier molecular flexibility index (Phi) is 3.77. The van der Waals surface area contributed by atoms with Gasteiger partial charge in [0.05, 0.1) is 0 Å². The van der Waals surface area contributed by atoms with Crippen molar-refractivity contribution < 1.29 is 0 Å². The number of nitrogens with zero attached hydrogens (tertiary/aromatic N) is 2. The summed E-state index contributed by atoms with van der Waals surface area (Å²) in [5.41, 5.74) is 2.60. The van der Waals surface area contributed by atoms with Crippen molar-refractivity contribution in [1.82, 2.24) is 9.55 Å². The van der Waals surface area contributed by atoms with Crippen molar-refractivity contribution in [1.29, 1.82) is 0 Å². The van der Waals surface area contributed by atoms with Crippen LogP contribution in [0.5, 0.6) is 0 Å². The number of hydrogen-bond acceptors (Lipinski definition) is 3. The van der Waals surface area contributed by atoms with Crippen LogP contribution in [0.2, 0.25) is 0 Å². The molecule has 4 heteroatoms. The van der Waals surface area contributed by atoms with Crippen LogP contribution in [0.4, 0.5) is 5.69 Å². The second-order valence-corrected chi connectivity index (χ2v) is 4.27. The Morgan fingerprint density at radius 3 is 2.61 bits per heavy atom. The first-order valence-electron chi connectivity index (χ1n) is 6.01. The minimum atomic E-state index is -0.178. The van der Waals surface area contributed by atoms with Gasteiger partial charge in [-0.3, -0.25) is 4.57 Å². The second-order valence-electron chi connectivity index (χ2n) is 4.27. The maximum absolute atomic E-state index is 11.7. The molecule has 2 aromatic rings. The van der Waals surface area contributed by atoms with Crippen LogP contribution in [0, 0.1) is 13.8 Å². The first-order chi connectivity index (χ1) is 8.66. The van der Waals surface area contributed by atoms with E-state index in [0.29, 0.717) is 13.1 Å². The molecule has 0 aliphatic rings. The van der Waals surface area contributed by atoms with Crippen molar-refractivity contribution in [2.75, 3.05) is 11.9 Å². The fourth-order valence-corrected chi connectivity index (χ4v) is 1.91. The summed E-state index contributed by atoms with van der Waals surface area (Å²) < 4.78 is 1.68. The van der Waals surface area contributed by atoms with Crippen molar-refractivity contribution in [3.8, 4) is 0 Å². The van der Waals surface area contributed by atoms with Gasteiger partial charge in [0.15, 0.2) is 0 Å². The number of rotatable bonds is 4. The molecule has 1 aromatic carbocycles. The zero-order valence-electron chi connectivity index (χ0n) is 10.7. The molecule has 0 saturated heterocycles. The summed E-state index contributed by atoms with van der Waals surface area (Å²) in [6.07, 6.45) is 0. The van der Waals surface area contributed by atoms with Gasteiger partial charge in [-0.25, -0.2) is 4.79 Å². The van der Waals surface area contributed by atoms with Gasteiger partial charge in [-0.1, -0.05) is 18.2 Å². The van der Waals surface area contributed by atoms with Crippen LogP contribution < -0.4 is 11.0 Å². The number of nitrogens with one attached hydrogen (secondary N) is 1. The Hall–Kier alpha value is -2.10. The predicted octanol–water partition coefficient (Wildman–Crippen LogP) is 1.97. The zero-order valence-corrected chi connectivity index (χ0v) is 10.7. The molecule has 0 unspecified atom stereocenters. The van der Waals surface area contributed by atoms with Crippen LogP contribution in [0.15, 0.2) is 41.2 Å². The highest BCUT2D eigenvalue weighted by atomic mass is 16.1. The van der Waals surface area contributed by atoms with Crippen LogP contribution in [0.3, 0.4) is 0 Å². The average molecular weight is 243 g/mol. The predicted molar refractivity (Wildman–Crippen MR) is 72.9 cm³/mol. The van der Waals surface area contributed by atoms with E-state index in [-0.39, 0.29) is 5.69 Å². The third-order valence-electron chi connectivity index (χ3n) is 2.78. The molecule has 94 valence electrons. The van der Waals surface area contributed by atoms with Crippen LogP contribution in [-0.2, 0) is 6.54 Å².